The molecule has 1 amide bonds. The molecule has 0 radical (unpaired) electrons. The van der Waals surface area contributed by atoms with Crippen molar-refractivity contribution in [3.8, 4) is 0 Å². The molecule has 0 bridgehead atoms. The highest BCUT2D eigenvalue weighted by molar-refractivity contribution is 14.0. The summed E-state index contributed by atoms with van der Waals surface area (Å²) in [5, 5.41) is 3.49. The van der Waals surface area contributed by atoms with E-state index in [1.165, 1.54) is 12.0 Å². The van der Waals surface area contributed by atoms with E-state index in [1.807, 2.05) is 14.0 Å². The van der Waals surface area contributed by atoms with Crippen molar-refractivity contribution < 1.29 is 9.53 Å². The van der Waals surface area contributed by atoms with Crippen molar-refractivity contribution in [1.82, 2.24) is 24.9 Å². The number of aliphatic imine (C=N–C) groups is 1. The SMILES string of the molecule is CCOC(=O)N1CCN(C(=NC)NCCCCN2CCN(Cc3ccccc3)CC2)CC1.I. The summed E-state index contributed by atoms with van der Waals surface area (Å²) in [5.41, 5.74) is 1.41. The van der Waals surface area contributed by atoms with Crippen molar-refractivity contribution in [2.45, 2.75) is 26.3 Å². The lowest BCUT2D eigenvalue weighted by Gasteiger charge is -2.36. The maximum Gasteiger partial charge on any atom is 0.409 e. The predicted molar refractivity (Wildman–Crippen MR) is 144 cm³/mol. The maximum atomic E-state index is 11.9. The highest BCUT2D eigenvalue weighted by Gasteiger charge is 2.23. The van der Waals surface area contributed by atoms with Crippen LogP contribution in [0, 0.1) is 0 Å². The second-order valence-corrected chi connectivity index (χ2v) is 8.46. The molecule has 3 rings (SSSR count). The largest absolute Gasteiger partial charge is 0.450 e. The Morgan fingerprint density at radius 2 is 1.58 bits per heavy atom. The molecule has 1 aromatic rings. The van der Waals surface area contributed by atoms with E-state index in [9.17, 15) is 4.79 Å². The van der Waals surface area contributed by atoms with Crippen LogP contribution in [0.5, 0.6) is 0 Å². The molecule has 2 aliphatic rings. The predicted octanol–water partition coefficient (Wildman–Crippen LogP) is 2.55. The third-order valence-electron chi connectivity index (χ3n) is 6.22. The fourth-order valence-corrected chi connectivity index (χ4v) is 4.32. The molecule has 2 saturated heterocycles. The summed E-state index contributed by atoms with van der Waals surface area (Å²) in [6.45, 7) is 13.0. The Labute approximate surface area is 216 Å². The van der Waals surface area contributed by atoms with Crippen LogP contribution in [0.3, 0.4) is 0 Å². The Morgan fingerprint density at radius 3 is 2.21 bits per heavy atom. The third kappa shape index (κ3) is 9.29. The van der Waals surface area contributed by atoms with Crippen molar-refractivity contribution in [3.63, 3.8) is 0 Å². The average molecular weight is 573 g/mol. The molecular weight excluding hydrogens is 531 g/mol. The Bertz CT molecular complexity index is 704. The van der Waals surface area contributed by atoms with Crippen LogP contribution in [0.15, 0.2) is 35.3 Å². The van der Waals surface area contributed by atoms with E-state index in [1.54, 1.807) is 4.90 Å². The zero-order chi connectivity index (χ0) is 22.6. The Balaban J connectivity index is 0.00000385. The zero-order valence-corrected chi connectivity index (χ0v) is 22.6. The maximum absolute atomic E-state index is 11.9. The van der Waals surface area contributed by atoms with Gasteiger partial charge in [0.25, 0.3) is 0 Å². The van der Waals surface area contributed by atoms with Crippen molar-refractivity contribution >= 4 is 36.0 Å². The Kier molecular flexibility index (Phi) is 12.9. The number of piperazine rings is 2. The van der Waals surface area contributed by atoms with Crippen LogP contribution in [0.4, 0.5) is 4.79 Å². The van der Waals surface area contributed by atoms with Gasteiger partial charge in [0.05, 0.1) is 6.61 Å². The minimum absolute atomic E-state index is 0. The lowest BCUT2D eigenvalue weighted by molar-refractivity contribution is 0.0914. The summed E-state index contributed by atoms with van der Waals surface area (Å²) in [6, 6.07) is 10.8. The number of carbonyl (C=O) groups excluding carboxylic acids is 1. The third-order valence-corrected chi connectivity index (χ3v) is 6.22. The molecule has 0 aromatic heterocycles. The second kappa shape index (κ2) is 15.3. The first-order valence-electron chi connectivity index (χ1n) is 12.1. The van der Waals surface area contributed by atoms with Crippen molar-refractivity contribution in [2.75, 3.05) is 79.1 Å². The van der Waals surface area contributed by atoms with Crippen LogP contribution in [0.25, 0.3) is 0 Å². The lowest BCUT2D eigenvalue weighted by Crippen LogP contribution is -2.54. The van der Waals surface area contributed by atoms with Crippen LogP contribution in [-0.4, -0.2) is 111 Å². The molecule has 0 aliphatic carbocycles. The number of hydrogen-bond donors (Lipinski definition) is 1. The summed E-state index contributed by atoms with van der Waals surface area (Å²) < 4.78 is 5.09. The van der Waals surface area contributed by atoms with Gasteiger partial charge in [0.1, 0.15) is 0 Å². The van der Waals surface area contributed by atoms with Gasteiger partial charge in [-0.2, -0.15) is 0 Å². The van der Waals surface area contributed by atoms with Crippen LogP contribution < -0.4 is 5.32 Å². The van der Waals surface area contributed by atoms with Gasteiger partial charge in [-0.1, -0.05) is 30.3 Å². The monoisotopic (exact) mass is 572 g/mol. The molecule has 8 nitrogen and oxygen atoms in total. The molecule has 2 fully saturated rings. The number of benzene rings is 1. The molecule has 2 heterocycles. The first kappa shape index (κ1) is 27.7. The summed E-state index contributed by atoms with van der Waals surface area (Å²) in [7, 11) is 1.83. The molecule has 0 saturated carbocycles. The smallest absolute Gasteiger partial charge is 0.409 e. The molecule has 0 unspecified atom stereocenters. The number of nitrogens with zero attached hydrogens (tertiary/aromatic N) is 5. The first-order valence-corrected chi connectivity index (χ1v) is 12.1. The molecule has 2 aliphatic heterocycles. The number of nitrogens with one attached hydrogen (secondary N) is 1. The van der Waals surface area contributed by atoms with E-state index >= 15 is 0 Å². The summed E-state index contributed by atoms with van der Waals surface area (Å²) in [6.07, 6.45) is 2.11. The normalized spacial score (nSPS) is 18.1. The zero-order valence-electron chi connectivity index (χ0n) is 20.2. The van der Waals surface area contributed by atoms with Crippen LogP contribution in [0.1, 0.15) is 25.3 Å². The quantitative estimate of drug-likeness (QED) is 0.224. The summed E-state index contributed by atoms with van der Waals surface area (Å²) in [4.78, 5) is 25.4. The molecule has 1 N–H and O–H groups in total. The topological polar surface area (TPSA) is 63.7 Å². The highest BCUT2D eigenvalue weighted by Crippen LogP contribution is 2.09. The molecule has 9 heteroatoms. The van der Waals surface area contributed by atoms with E-state index in [2.05, 4.69) is 55.3 Å². The first-order chi connectivity index (χ1) is 15.7. The van der Waals surface area contributed by atoms with E-state index in [0.29, 0.717) is 19.7 Å². The second-order valence-electron chi connectivity index (χ2n) is 8.46. The lowest BCUT2D eigenvalue weighted by atomic mass is 10.2. The van der Waals surface area contributed by atoms with Crippen LogP contribution in [0.2, 0.25) is 0 Å². The number of guanidine groups is 1. The highest BCUT2D eigenvalue weighted by atomic mass is 127. The number of rotatable bonds is 8. The van der Waals surface area contributed by atoms with Gasteiger partial charge in [0, 0.05) is 72.5 Å². The van der Waals surface area contributed by atoms with Gasteiger partial charge < -0.3 is 24.8 Å². The number of carbonyl (C=O) groups is 1. The summed E-state index contributed by atoms with van der Waals surface area (Å²) >= 11 is 0. The standard InChI is InChI=1S/C24H40N6O2.HI/c1-3-32-24(31)30-19-17-29(18-20-30)23(25-2)26-11-7-8-12-27-13-15-28(16-14-27)21-22-9-5-4-6-10-22;/h4-6,9-10H,3,7-8,11-21H2,1-2H3,(H,25,26);1H. The molecule has 1 aromatic carbocycles. The number of amides is 1. The average Bonchev–Trinajstić information content (AvgIpc) is 2.83. The van der Waals surface area contributed by atoms with Gasteiger partial charge in [-0.3, -0.25) is 9.89 Å². The molecule has 0 spiro atoms. The van der Waals surface area contributed by atoms with Crippen molar-refractivity contribution in [3.05, 3.63) is 35.9 Å². The fourth-order valence-electron chi connectivity index (χ4n) is 4.32. The molecular formula is C24H41IN6O2. The number of ether oxygens (including phenoxy) is 1. The Hall–Kier alpha value is -1.59. The van der Waals surface area contributed by atoms with Crippen molar-refractivity contribution in [1.29, 1.82) is 0 Å². The fraction of sp³-hybridized carbons (Fsp3) is 0.667. The van der Waals surface area contributed by atoms with Gasteiger partial charge in [0.15, 0.2) is 5.96 Å². The Morgan fingerprint density at radius 1 is 0.939 bits per heavy atom. The number of unbranched alkanes of at least 4 members (excludes halogenated alkanes) is 1. The van der Waals surface area contributed by atoms with E-state index in [-0.39, 0.29) is 30.1 Å². The van der Waals surface area contributed by atoms with Gasteiger partial charge in [-0.25, -0.2) is 4.79 Å². The van der Waals surface area contributed by atoms with E-state index in [4.69, 9.17) is 4.74 Å². The van der Waals surface area contributed by atoms with Crippen molar-refractivity contribution in [2.24, 2.45) is 4.99 Å². The van der Waals surface area contributed by atoms with E-state index in [0.717, 1.165) is 71.3 Å². The van der Waals surface area contributed by atoms with Gasteiger partial charge in [-0.05, 0) is 31.9 Å². The molecule has 33 heavy (non-hydrogen) atoms. The van der Waals surface area contributed by atoms with Crippen LogP contribution >= 0.6 is 24.0 Å². The summed E-state index contributed by atoms with van der Waals surface area (Å²) in [5.74, 6) is 0.933. The number of halogens is 1. The van der Waals surface area contributed by atoms with Gasteiger partial charge >= 0.3 is 6.09 Å². The number of hydrogen-bond acceptors (Lipinski definition) is 5. The minimum Gasteiger partial charge on any atom is -0.450 e. The van der Waals surface area contributed by atoms with Gasteiger partial charge in [-0.15, -0.1) is 24.0 Å². The molecule has 186 valence electrons. The molecule has 0 atom stereocenters. The van der Waals surface area contributed by atoms with E-state index < -0.39 is 0 Å². The van der Waals surface area contributed by atoms with Crippen LogP contribution in [-0.2, 0) is 11.3 Å². The minimum atomic E-state index is -0.212. The van der Waals surface area contributed by atoms with Gasteiger partial charge in [0.2, 0.25) is 0 Å².